The summed E-state index contributed by atoms with van der Waals surface area (Å²) in [4.78, 5) is 22.7. The molecule has 118 valence electrons. The van der Waals surface area contributed by atoms with Crippen LogP contribution in [0.5, 0.6) is 0 Å². The SMILES string of the molecule is CCN(CC)S(=O)(=O)CC(=O)N[C@@H](CC(C)C)C(=O)O. The van der Waals surface area contributed by atoms with Gasteiger partial charge in [0.2, 0.25) is 15.9 Å². The molecule has 0 radical (unpaired) electrons. The molecule has 0 aliphatic carbocycles. The average molecular weight is 308 g/mol. The van der Waals surface area contributed by atoms with E-state index in [1.54, 1.807) is 13.8 Å². The summed E-state index contributed by atoms with van der Waals surface area (Å²) in [7, 11) is -3.69. The third-order valence-corrected chi connectivity index (χ3v) is 4.68. The van der Waals surface area contributed by atoms with E-state index in [2.05, 4.69) is 5.32 Å². The monoisotopic (exact) mass is 308 g/mol. The van der Waals surface area contributed by atoms with Crippen molar-refractivity contribution in [3.63, 3.8) is 0 Å². The lowest BCUT2D eigenvalue weighted by atomic mass is 10.0. The molecule has 1 atom stereocenters. The van der Waals surface area contributed by atoms with E-state index in [-0.39, 0.29) is 25.4 Å². The predicted molar refractivity (Wildman–Crippen MR) is 75.7 cm³/mol. The summed E-state index contributed by atoms with van der Waals surface area (Å²) in [6, 6.07) is -1.06. The number of carboxylic acids is 1. The summed E-state index contributed by atoms with van der Waals surface area (Å²) in [5.74, 6) is -2.59. The first-order chi connectivity index (χ1) is 9.13. The maximum absolute atomic E-state index is 11.9. The van der Waals surface area contributed by atoms with Crippen LogP contribution in [-0.4, -0.2) is 54.6 Å². The van der Waals surface area contributed by atoms with Crippen LogP contribution in [0, 0.1) is 5.92 Å². The molecule has 0 unspecified atom stereocenters. The molecule has 0 aromatic carbocycles. The molecule has 0 fully saturated rings. The van der Waals surface area contributed by atoms with E-state index in [1.165, 1.54) is 4.31 Å². The molecule has 0 saturated carbocycles. The van der Waals surface area contributed by atoms with Crippen LogP contribution in [0.2, 0.25) is 0 Å². The summed E-state index contributed by atoms with van der Waals surface area (Å²) in [6.07, 6.45) is 0.256. The first-order valence-electron chi connectivity index (χ1n) is 6.64. The molecule has 0 rings (SSSR count). The van der Waals surface area contributed by atoms with Gasteiger partial charge in [-0.1, -0.05) is 27.7 Å². The predicted octanol–water partition coefficient (Wildman–Crippen LogP) is 0.274. The highest BCUT2D eigenvalue weighted by Crippen LogP contribution is 2.06. The normalized spacial score (nSPS) is 13.5. The first kappa shape index (κ1) is 18.9. The minimum atomic E-state index is -3.69. The molecule has 7 nitrogen and oxygen atoms in total. The number of aliphatic carboxylic acids is 1. The molecule has 0 aromatic rings. The Bertz CT molecular complexity index is 429. The molecule has 1 amide bonds. The summed E-state index contributed by atoms with van der Waals surface area (Å²) in [6.45, 7) is 7.57. The zero-order valence-electron chi connectivity index (χ0n) is 12.4. The van der Waals surface area contributed by atoms with Crippen LogP contribution in [0.3, 0.4) is 0 Å². The Labute approximate surface area is 120 Å². The molecule has 0 aliphatic heterocycles. The fourth-order valence-electron chi connectivity index (χ4n) is 1.80. The van der Waals surface area contributed by atoms with E-state index in [1.807, 2.05) is 13.8 Å². The van der Waals surface area contributed by atoms with Crippen LogP contribution in [0.1, 0.15) is 34.1 Å². The number of carbonyl (C=O) groups excluding carboxylic acids is 1. The van der Waals surface area contributed by atoms with E-state index in [0.717, 1.165) is 0 Å². The quantitative estimate of drug-likeness (QED) is 0.636. The van der Waals surface area contributed by atoms with Crippen molar-refractivity contribution in [1.29, 1.82) is 0 Å². The lowest BCUT2D eigenvalue weighted by Gasteiger charge is -2.20. The molecule has 2 N–H and O–H groups in total. The molecule has 0 heterocycles. The van der Waals surface area contributed by atoms with Crippen molar-refractivity contribution < 1.29 is 23.1 Å². The second-order valence-corrected chi connectivity index (χ2v) is 6.90. The van der Waals surface area contributed by atoms with Gasteiger partial charge in [0.1, 0.15) is 11.8 Å². The number of nitrogens with one attached hydrogen (secondary N) is 1. The largest absolute Gasteiger partial charge is 0.480 e. The second-order valence-electron chi connectivity index (χ2n) is 4.93. The highest BCUT2D eigenvalue weighted by molar-refractivity contribution is 7.89. The van der Waals surface area contributed by atoms with Gasteiger partial charge in [0.15, 0.2) is 0 Å². The number of amides is 1. The van der Waals surface area contributed by atoms with Gasteiger partial charge in [-0.3, -0.25) is 4.79 Å². The van der Waals surface area contributed by atoms with E-state index >= 15 is 0 Å². The first-order valence-corrected chi connectivity index (χ1v) is 8.24. The molecular formula is C12H24N2O5S. The van der Waals surface area contributed by atoms with E-state index in [0.29, 0.717) is 0 Å². The third kappa shape index (κ3) is 6.33. The molecule has 8 heteroatoms. The van der Waals surface area contributed by atoms with Crippen LogP contribution >= 0.6 is 0 Å². The molecule has 0 bridgehead atoms. The standard InChI is InChI=1S/C12H24N2O5S/c1-5-14(6-2)20(18,19)8-11(15)13-10(12(16)17)7-9(3)4/h9-10H,5-8H2,1-4H3,(H,13,15)(H,16,17)/t10-/m0/s1. The minimum Gasteiger partial charge on any atom is -0.480 e. The second kappa shape index (κ2) is 8.21. The van der Waals surface area contributed by atoms with Crippen LogP contribution in [0.25, 0.3) is 0 Å². The van der Waals surface area contributed by atoms with Gasteiger partial charge in [-0.05, 0) is 12.3 Å². The number of carbonyl (C=O) groups is 2. The Kier molecular flexibility index (Phi) is 7.74. The average Bonchev–Trinajstić information content (AvgIpc) is 2.27. The molecular weight excluding hydrogens is 284 g/mol. The van der Waals surface area contributed by atoms with Gasteiger partial charge in [0.25, 0.3) is 0 Å². The Balaban J connectivity index is 4.72. The maximum Gasteiger partial charge on any atom is 0.326 e. The number of hydrogen-bond acceptors (Lipinski definition) is 4. The van der Waals surface area contributed by atoms with Crippen molar-refractivity contribution in [2.24, 2.45) is 5.92 Å². The maximum atomic E-state index is 11.9. The number of nitrogens with zero attached hydrogens (tertiary/aromatic N) is 1. The van der Waals surface area contributed by atoms with Crippen molar-refractivity contribution in [3.8, 4) is 0 Å². The summed E-state index contributed by atoms with van der Waals surface area (Å²) < 4.78 is 25.0. The van der Waals surface area contributed by atoms with Crippen molar-refractivity contribution in [1.82, 2.24) is 9.62 Å². The Morgan fingerprint density at radius 2 is 1.70 bits per heavy atom. The van der Waals surface area contributed by atoms with E-state index in [4.69, 9.17) is 5.11 Å². The van der Waals surface area contributed by atoms with Crippen LogP contribution < -0.4 is 5.32 Å². The number of sulfonamides is 1. The topological polar surface area (TPSA) is 104 Å². The highest BCUT2D eigenvalue weighted by Gasteiger charge is 2.26. The zero-order valence-corrected chi connectivity index (χ0v) is 13.2. The van der Waals surface area contributed by atoms with Crippen LogP contribution in [0.4, 0.5) is 0 Å². The third-order valence-electron chi connectivity index (χ3n) is 2.75. The smallest absolute Gasteiger partial charge is 0.326 e. The molecule has 0 saturated heterocycles. The Morgan fingerprint density at radius 1 is 1.20 bits per heavy atom. The van der Waals surface area contributed by atoms with Crippen LogP contribution in [0.15, 0.2) is 0 Å². The van der Waals surface area contributed by atoms with Crippen LogP contribution in [-0.2, 0) is 19.6 Å². The Morgan fingerprint density at radius 3 is 2.05 bits per heavy atom. The van der Waals surface area contributed by atoms with Crippen molar-refractivity contribution in [2.45, 2.75) is 40.2 Å². The fourth-order valence-corrected chi connectivity index (χ4v) is 3.19. The van der Waals surface area contributed by atoms with Crippen molar-refractivity contribution in [3.05, 3.63) is 0 Å². The van der Waals surface area contributed by atoms with Gasteiger partial charge in [0, 0.05) is 13.1 Å². The lowest BCUT2D eigenvalue weighted by Crippen LogP contribution is -2.46. The molecule has 0 aliphatic rings. The molecule has 0 spiro atoms. The fraction of sp³-hybridized carbons (Fsp3) is 0.833. The number of rotatable bonds is 9. The minimum absolute atomic E-state index is 0.0794. The summed E-state index contributed by atoms with van der Waals surface area (Å²) >= 11 is 0. The summed E-state index contributed by atoms with van der Waals surface area (Å²) in [5, 5.41) is 11.3. The van der Waals surface area contributed by atoms with Gasteiger partial charge in [-0.25, -0.2) is 17.5 Å². The number of carboxylic acid groups (broad SMARTS) is 1. The Hall–Kier alpha value is -1.15. The van der Waals surface area contributed by atoms with E-state index < -0.39 is 33.7 Å². The number of hydrogen-bond donors (Lipinski definition) is 2. The van der Waals surface area contributed by atoms with Gasteiger partial charge in [-0.2, -0.15) is 0 Å². The van der Waals surface area contributed by atoms with Crippen molar-refractivity contribution >= 4 is 21.9 Å². The van der Waals surface area contributed by atoms with Gasteiger partial charge < -0.3 is 10.4 Å². The van der Waals surface area contributed by atoms with E-state index in [9.17, 15) is 18.0 Å². The summed E-state index contributed by atoms with van der Waals surface area (Å²) in [5.41, 5.74) is 0. The van der Waals surface area contributed by atoms with Crippen molar-refractivity contribution in [2.75, 3.05) is 18.8 Å². The molecule has 0 aromatic heterocycles. The zero-order chi connectivity index (χ0) is 15.9. The molecule has 20 heavy (non-hydrogen) atoms. The van der Waals surface area contributed by atoms with Gasteiger partial charge >= 0.3 is 5.97 Å². The van der Waals surface area contributed by atoms with Gasteiger partial charge in [-0.15, -0.1) is 0 Å². The van der Waals surface area contributed by atoms with Gasteiger partial charge in [0.05, 0.1) is 0 Å². The highest BCUT2D eigenvalue weighted by atomic mass is 32.2. The lowest BCUT2D eigenvalue weighted by molar-refractivity contribution is -0.142.